The lowest BCUT2D eigenvalue weighted by Gasteiger charge is -2.08. The molecule has 1 atom stereocenters. The Morgan fingerprint density at radius 2 is 2.06 bits per heavy atom. The van der Waals surface area contributed by atoms with Gasteiger partial charge in [0.05, 0.1) is 10.4 Å². The Kier molecular flexibility index (Phi) is 3.57. The van der Waals surface area contributed by atoms with Crippen LogP contribution in [0.3, 0.4) is 0 Å². The molecule has 0 aliphatic rings. The molecule has 2 aromatic heterocycles. The molecule has 0 aliphatic heterocycles. The van der Waals surface area contributed by atoms with Gasteiger partial charge in [0, 0.05) is 9.85 Å². The lowest BCUT2D eigenvalue weighted by Crippen LogP contribution is -2.05. The highest BCUT2D eigenvalue weighted by molar-refractivity contribution is 9.10. The first-order chi connectivity index (χ1) is 8.30. The smallest absolute Gasteiger partial charge is 0.418 e. The van der Waals surface area contributed by atoms with Gasteiger partial charge in [0.15, 0.2) is 0 Å². The maximum atomic E-state index is 12.6. The molecule has 0 saturated heterocycles. The summed E-state index contributed by atoms with van der Waals surface area (Å²) in [5.74, 6) is 0.816. The van der Waals surface area contributed by atoms with Crippen LogP contribution in [0.2, 0.25) is 0 Å². The molecule has 7 heteroatoms. The van der Waals surface area contributed by atoms with Crippen LogP contribution in [-0.2, 0) is 6.18 Å². The molecule has 0 aromatic carbocycles. The van der Waals surface area contributed by atoms with Crippen LogP contribution < -0.4 is 0 Å². The maximum absolute atomic E-state index is 12.6. The van der Waals surface area contributed by atoms with Crippen LogP contribution in [-0.4, -0.2) is 5.11 Å². The van der Waals surface area contributed by atoms with E-state index < -0.39 is 17.8 Å². The summed E-state index contributed by atoms with van der Waals surface area (Å²) in [6.07, 6.45) is -5.64. The van der Waals surface area contributed by atoms with Crippen molar-refractivity contribution in [3.8, 4) is 0 Å². The van der Waals surface area contributed by atoms with Crippen LogP contribution in [0.15, 0.2) is 26.4 Å². The average molecular weight is 341 g/mol. The molecule has 0 radical (unpaired) electrons. The highest BCUT2D eigenvalue weighted by Crippen LogP contribution is 2.43. The van der Waals surface area contributed by atoms with E-state index in [1.54, 1.807) is 19.1 Å². The van der Waals surface area contributed by atoms with Gasteiger partial charge in [-0.3, -0.25) is 0 Å². The van der Waals surface area contributed by atoms with Gasteiger partial charge in [0.2, 0.25) is 0 Å². The van der Waals surface area contributed by atoms with Crippen LogP contribution in [0.4, 0.5) is 13.2 Å². The second kappa shape index (κ2) is 4.71. The molecule has 0 aliphatic carbocycles. The van der Waals surface area contributed by atoms with Crippen molar-refractivity contribution in [1.82, 2.24) is 0 Å². The van der Waals surface area contributed by atoms with E-state index in [1.165, 1.54) is 0 Å². The lowest BCUT2D eigenvalue weighted by molar-refractivity contribution is -0.137. The van der Waals surface area contributed by atoms with Gasteiger partial charge in [-0.25, -0.2) is 0 Å². The van der Waals surface area contributed by atoms with Gasteiger partial charge in [-0.05, 0) is 35.0 Å². The molecule has 2 rings (SSSR count). The number of thiophene rings is 1. The third-order valence-electron chi connectivity index (χ3n) is 2.34. The number of hydrogen-bond donors (Lipinski definition) is 1. The van der Waals surface area contributed by atoms with Crippen molar-refractivity contribution >= 4 is 27.3 Å². The quantitative estimate of drug-likeness (QED) is 0.872. The third-order valence-corrected chi connectivity index (χ3v) is 4.49. The molecule has 0 bridgehead atoms. The summed E-state index contributed by atoms with van der Waals surface area (Å²) < 4.78 is 42.9. The van der Waals surface area contributed by atoms with Crippen LogP contribution in [0, 0.1) is 6.92 Å². The van der Waals surface area contributed by atoms with Crippen molar-refractivity contribution in [1.29, 1.82) is 0 Å². The minimum atomic E-state index is -4.44. The molecule has 18 heavy (non-hydrogen) atoms. The Morgan fingerprint density at radius 1 is 1.39 bits per heavy atom. The molecule has 2 nitrogen and oxygen atoms in total. The predicted octanol–water partition coefficient (Wildman–Crippen LogP) is 4.51. The van der Waals surface area contributed by atoms with Crippen LogP contribution >= 0.6 is 27.3 Å². The van der Waals surface area contributed by atoms with E-state index in [4.69, 9.17) is 4.42 Å². The van der Waals surface area contributed by atoms with Gasteiger partial charge in [-0.15, -0.1) is 11.3 Å². The van der Waals surface area contributed by atoms with E-state index in [0.717, 1.165) is 16.7 Å². The zero-order valence-electron chi connectivity index (χ0n) is 9.08. The lowest BCUT2D eigenvalue weighted by atomic mass is 10.2. The van der Waals surface area contributed by atoms with Crippen molar-refractivity contribution in [3.63, 3.8) is 0 Å². The molecule has 0 spiro atoms. The first kappa shape index (κ1) is 13.6. The number of hydrogen-bond acceptors (Lipinski definition) is 3. The molecule has 0 fully saturated rings. The molecule has 98 valence electrons. The number of aliphatic hydroxyl groups is 1. The monoisotopic (exact) mass is 340 g/mol. The van der Waals surface area contributed by atoms with E-state index in [1.807, 2.05) is 0 Å². The minimum absolute atomic E-state index is 0.137. The van der Waals surface area contributed by atoms with Gasteiger partial charge in [-0.1, -0.05) is 0 Å². The molecule has 2 aromatic rings. The summed E-state index contributed by atoms with van der Waals surface area (Å²) in [6.45, 7) is 1.70. The summed E-state index contributed by atoms with van der Waals surface area (Å²) in [7, 11) is 0. The van der Waals surface area contributed by atoms with E-state index >= 15 is 0 Å². The normalized spacial score (nSPS) is 13.9. The largest absolute Gasteiger partial charge is 0.463 e. The van der Waals surface area contributed by atoms with Crippen molar-refractivity contribution in [2.24, 2.45) is 0 Å². The molecule has 0 saturated carbocycles. The Bertz CT molecular complexity index is 559. The van der Waals surface area contributed by atoms with Gasteiger partial charge in [0.1, 0.15) is 17.6 Å². The van der Waals surface area contributed by atoms with Crippen molar-refractivity contribution in [2.75, 3.05) is 0 Å². The van der Waals surface area contributed by atoms with Crippen molar-refractivity contribution in [3.05, 3.63) is 43.9 Å². The number of aliphatic hydroxyl groups excluding tert-OH is 1. The second-order valence-corrected chi connectivity index (χ2v) is 5.38. The average Bonchev–Trinajstić information content (AvgIpc) is 2.82. The van der Waals surface area contributed by atoms with E-state index in [-0.39, 0.29) is 15.1 Å². The van der Waals surface area contributed by atoms with Gasteiger partial charge < -0.3 is 9.52 Å². The number of alkyl halides is 3. The topological polar surface area (TPSA) is 33.4 Å². The predicted molar refractivity (Wildman–Crippen MR) is 64.5 cm³/mol. The fourth-order valence-corrected chi connectivity index (χ4v) is 3.41. The highest BCUT2D eigenvalue weighted by Gasteiger charge is 2.36. The zero-order chi connectivity index (χ0) is 13.5. The number of rotatable bonds is 2. The van der Waals surface area contributed by atoms with Gasteiger partial charge in [0.25, 0.3) is 0 Å². The Balaban J connectivity index is 2.38. The fraction of sp³-hybridized carbons (Fsp3) is 0.273. The zero-order valence-corrected chi connectivity index (χ0v) is 11.5. The van der Waals surface area contributed by atoms with E-state index in [0.29, 0.717) is 5.76 Å². The van der Waals surface area contributed by atoms with Crippen LogP contribution in [0.5, 0.6) is 0 Å². The van der Waals surface area contributed by atoms with Crippen molar-refractivity contribution < 1.29 is 22.7 Å². The number of furan rings is 1. The maximum Gasteiger partial charge on any atom is 0.418 e. The first-order valence-corrected chi connectivity index (χ1v) is 6.56. The summed E-state index contributed by atoms with van der Waals surface area (Å²) in [4.78, 5) is 0.177. The van der Waals surface area contributed by atoms with Crippen LogP contribution in [0.25, 0.3) is 0 Å². The third kappa shape index (κ3) is 2.48. The Hall–Kier alpha value is -0.790. The molecular formula is C11H8BrF3O2S. The SMILES string of the molecule is Cc1ccc(C(O)c2scc(C(F)(F)F)c2Br)o1. The Labute approximate surface area is 113 Å². The summed E-state index contributed by atoms with van der Waals surface area (Å²) in [5.41, 5.74) is -0.787. The molecule has 1 unspecified atom stereocenters. The molecule has 1 N–H and O–H groups in total. The standard InChI is InChI=1S/C11H8BrF3O2S/c1-5-2-3-7(17-5)9(16)10-8(12)6(4-18-10)11(13,14)15/h2-4,9,16H,1H3. The highest BCUT2D eigenvalue weighted by atomic mass is 79.9. The van der Waals surface area contributed by atoms with Crippen LogP contribution in [0.1, 0.15) is 28.1 Å². The van der Waals surface area contributed by atoms with Gasteiger partial charge >= 0.3 is 6.18 Å². The fourth-order valence-electron chi connectivity index (χ4n) is 1.46. The molecular weight excluding hydrogens is 333 g/mol. The molecule has 0 amide bonds. The molecule has 2 heterocycles. The number of halogens is 4. The van der Waals surface area contributed by atoms with Crippen molar-refractivity contribution in [2.45, 2.75) is 19.2 Å². The van der Waals surface area contributed by atoms with E-state index in [2.05, 4.69) is 15.9 Å². The summed E-state index contributed by atoms with van der Waals surface area (Å²) >= 11 is 3.72. The summed E-state index contributed by atoms with van der Waals surface area (Å²) in [5, 5.41) is 11.0. The summed E-state index contributed by atoms with van der Waals surface area (Å²) in [6, 6.07) is 3.18. The number of aryl methyl sites for hydroxylation is 1. The first-order valence-electron chi connectivity index (χ1n) is 4.89. The Morgan fingerprint density at radius 3 is 2.50 bits per heavy atom. The van der Waals surface area contributed by atoms with Gasteiger partial charge in [-0.2, -0.15) is 13.2 Å². The minimum Gasteiger partial charge on any atom is -0.463 e. The van der Waals surface area contributed by atoms with E-state index in [9.17, 15) is 18.3 Å². The second-order valence-electron chi connectivity index (χ2n) is 3.68.